The fraction of sp³-hybridized carbons (Fsp3) is 0.472. The molecule has 374 valence electrons. The van der Waals surface area contributed by atoms with Crippen LogP contribution in [0.1, 0.15) is 58.3 Å². The Kier molecular flexibility index (Phi) is 17.4. The van der Waals surface area contributed by atoms with Crippen molar-refractivity contribution in [3.63, 3.8) is 0 Å². The van der Waals surface area contributed by atoms with Gasteiger partial charge in [-0.15, -0.1) is 0 Å². The third-order valence-electron chi connectivity index (χ3n) is 13.7. The number of ether oxygens (including phenoxy) is 12. The SMILES string of the molecule is COc1ccc(CC2c3c(cc(OC)c(OC)c3OC)CC[N+]2(C)CCCOC(=O)/C=C/C(=O)OCCC[N+]2(C)CCc3cc(OC)c(OC)c(OC)c3C2c2ccc(OC)c(OC)c2)cc1OC. The molecule has 69 heavy (non-hydrogen) atoms. The van der Waals surface area contributed by atoms with Crippen LogP contribution in [0.25, 0.3) is 0 Å². The van der Waals surface area contributed by atoms with Gasteiger partial charge in [-0.2, -0.15) is 0 Å². The normalized spacial score (nSPS) is 19.4. The van der Waals surface area contributed by atoms with Crippen molar-refractivity contribution in [2.45, 2.75) is 44.2 Å². The van der Waals surface area contributed by atoms with Gasteiger partial charge in [0.25, 0.3) is 0 Å². The molecule has 0 bridgehead atoms. The minimum absolute atomic E-state index is 0.0606. The highest BCUT2D eigenvalue weighted by molar-refractivity contribution is 5.91. The number of benzene rings is 4. The zero-order valence-electron chi connectivity index (χ0n) is 42.3. The van der Waals surface area contributed by atoms with Crippen LogP contribution in [-0.4, -0.2) is 145 Å². The van der Waals surface area contributed by atoms with Gasteiger partial charge in [-0.3, -0.25) is 0 Å². The van der Waals surface area contributed by atoms with E-state index in [4.69, 9.17) is 56.8 Å². The Morgan fingerprint density at radius 1 is 0.507 bits per heavy atom. The monoisotopic (exact) mass is 958 g/mol. The molecular formula is C53H70N2O14+2. The Labute approximate surface area is 406 Å². The Morgan fingerprint density at radius 3 is 1.46 bits per heavy atom. The summed E-state index contributed by atoms with van der Waals surface area (Å²) in [5.74, 6) is 4.78. The Bertz CT molecular complexity index is 2470. The number of quaternary nitrogens is 2. The molecule has 0 fully saturated rings. The third kappa shape index (κ3) is 11.0. The highest BCUT2D eigenvalue weighted by Crippen LogP contribution is 2.53. The van der Waals surface area contributed by atoms with Crippen LogP contribution in [0.3, 0.4) is 0 Å². The van der Waals surface area contributed by atoms with Gasteiger partial charge in [-0.25, -0.2) is 9.59 Å². The van der Waals surface area contributed by atoms with Gasteiger partial charge in [0.05, 0.1) is 136 Å². The second-order valence-corrected chi connectivity index (χ2v) is 17.6. The van der Waals surface area contributed by atoms with Gasteiger partial charge in [-0.1, -0.05) is 6.07 Å². The van der Waals surface area contributed by atoms with Gasteiger partial charge < -0.3 is 65.8 Å². The summed E-state index contributed by atoms with van der Waals surface area (Å²) in [7, 11) is 20.6. The van der Waals surface area contributed by atoms with Crippen molar-refractivity contribution in [3.8, 4) is 57.5 Å². The van der Waals surface area contributed by atoms with Crippen molar-refractivity contribution in [2.75, 3.05) is 125 Å². The predicted molar refractivity (Wildman–Crippen MR) is 259 cm³/mol. The first-order valence-electron chi connectivity index (χ1n) is 23.1. The van der Waals surface area contributed by atoms with E-state index in [1.54, 1.807) is 71.1 Å². The Hall–Kier alpha value is -6.52. The summed E-state index contributed by atoms with van der Waals surface area (Å²) in [6.07, 6.45) is 5.56. The van der Waals surface area contributed by atoms with Crippen LogP contribution in [0.4, 0.5) is 0 Å². The second-order valence-electron chi connectivity index (χ2n) is 17.6. The maximum absolute atomic E-state index is 12.9. The average Bonchev–Trinajstić information content (AvgIpc) is 3.37. The van der Waals surface area contributed by atoms with Crippen LogP contribution in [0, 0.1) is 0 Å². The molecular weight excluding hydrogens is 889 g/mol. The van der Waals surface area contributed by atoms with E-state index in [-0.39, 0.29) is 25.3 Å². The fourth-order valence-corrected chi connectivity index (χ4v) is 10.2. The quantitative estimate of drug-likeness (QED) is 0.0318. The van der Waals surface area contributed by atoms with Gasteiger partial charge in [0.15, 0.2) is 46.0 Å². The highest BCUT2D eigenvalue weighted by atomic mass is 16.6. The maximum Gasteiger partial charge on any atom is 0.331 e. The lowest BCUT2D eigenvalue weighted by Gasteiger charge is -2.46. The predicted octanol–water partition coefficient (Wildman–Crippen LogP) is 7.27. The summed E-state index contributed by atoms with van der Waals surface area (Å²) in [5, 5.41) is 0. The maximum atomic E-state index is 12.9. The number of carbonyl (C=O) groups excluding carboxylic acids is 2. The molecule has 0 saturated carbocycles. The van der Waals surface area contributed by atoms with E-state index in [9.17, 15) is 9.59 Å². The number of methoxy groups -OCH3 is 10. The molecule has 16 nitrogen and oxygen atoms in total. The second kappa shape index (κ2) is 23.2. The molecule has 4 unspecified atom stereocenters. The minimum Gasteiger partial charge on any atom is -0.493 e. The van der Waals surface area contributed by atoms with E-state index in [0.29, 0.717) is 98.8 Å². The van der Waals surface area contributed by atoms with Crippen molar-refractivity contribution >= 4 is 11.9 Å². The molecule has 4 atom stereocenters. The highest BCUT2D eigenvalue weighted by Gasteiger charge is 2.45. The molecule has 2 aliphatic heterocycles. The molecule has 4 aromatic carbocycles. The average molecular weight is 959 g/mol. The summed E-state index contributed by atoms with van der Waals surface area (Å²) in [4.78, 5) is 25.8. The standard InChI is InChI=1S/C53H70N2O14/c1-54(25-21-35-31-43(62-7)50(64-9)52(66-11)47(35)38(54)29-34-15-17-39(58-3)41(30-34)60-5)23-13-27-68-45(56)19-20-46(57)69-28-14-24-55(2)26-22-36-32-44(63-8)51(65-10)53(67-12)48(36)49(55)37-16-18-40(59-4)42(33-37)61-6/h15-20,30-33,38,49H,13-14,21-29H2,1-12H3/q+2/b20-19+. The van der Waals surface area contributed by atoms with Gasteiger partial charge in [0.1, 0.15) is 12.1 Å². The smallest absolute Gasteiger partial charge is 0.331 e. The van der Waals surface area contributed by atoms with Crippen molar-refractivity contribution < 1.29 is 75.4 Å². The first kappa shape index (κ1) is 51.9. The van der Waals surface area contributed by atoms with Gasteiger partial charge >= 0.3 is 11.9 Å². The number of rotatable bonds is 23. The number of likely N-dealkylation sites (N-methyl/N-ethyl adjacent to an activating group) is 2. The zero-order valence-corrected chi connectivity index (χ0v) is 42.3. The van der Waals surface area contributed by atoms with E-state index in [2.05, 4.69) is 14.1 Å². The van der Waals surface area contributed by atoms with Crippen LogP contribution < -0.4 is 47.4 Å². The number of hydrogen-bond acceptors (Lipinski definition) is 14. The van der Waals surface area contributed by atoms with Crippen molar-refractivity contribution in [3.05, 3.63) is 94.1 Å². The van der Waals surface area contributed by atoms with Crippen LogP contribution in [0.5, 0.6) is 57.5 Å². The molecule has 0 aliphatic carbocycles. The summed E-state index contributed by atoms with van der Waals surface area (Å²) >= 11 is 0. The van der Waals surface area contributed by atoms with Crippen molar-refractivity contribution in [1.29, 1.82) is 0 Å². The topological polar surface area (TPSA) is 145 Å². The molecule has 6 rings (SSSR count). The molecule has 0 amide bonds. The third-order valence-corrected chi connectivity index (χ3v) is 13.7. The minimum atomic E-state index is -0.627. The lowest BCUT2D eigenvalue weighted by molar-refractivity contribution is -0.941. The van der Waals surface area contributed by atoms with Crippen molar-refractivity contribution in [1.82, 2.24) is 0 Å². The summed E-state index contributed by atoms with van der Waals surface area (Å²) in [5.41, 5.74) is 6.31. The molecule has 2 aliphatic rings. The molecule has 0 radical (unpaired) electrons. The van der Waals surface area contributed by atoms with Crippen LogP contribution in [0.15, 0.2) is 60.7 Å². The van der Waals surface area contributed by atoms with Gasteiger partial charge in [0.2, 0.25) is 11.5 Å². The summed E-state index contributed by atoms with van der Waals surface area (Å²) in [6, 6.07) is 15.7. The largest absolute Gasteiger partial charge is 0.493 e. The Morgan fingerprint density at radius 2 is 0.957 bits per heavy atom. The number of nitrogens with zero attached hydrogens (tertiary/aromatic N) is 2. The molecule has 2 heterocycles. The lowest BCUT2D eigenvalue weighted by Crippen LogP contribution is -2.52. The number of hydrogen-bond donors (Lipinski definition) is 0. The number of fused-ring (bicyclic) bond motifs is 2. The lowest BCUT2D eigenvalue weighted by atomic mass is 9.84. The fourth-order valence-electron chi connectivity index (χ4n) is 10.2. The van der Waals surface area contributed by atoms with E-state index in [1.807, 2.05) is 48.5 Å². The van der Waals surface area contributed by atoms with E-state index < -0.39 is 11.9 Å². The molecule has 16 heteroatoms. The number of esters is 2. The van der Waals surface area contributed by atoms with Crippen LogP contribution in [-0.2, 0) is 38.3 Å². The molecule has 0 saturated heterocycles. The number of carbonyl (C=O) groups is 2. The molecule has 0 N–H and O–H groups in total. The zero-order chi connectivity index (χ0) is 49.9. The van der Waals surface area contributed by atoms with Gasteiger partial charge in [-0.05, 0) is 59.2 Å². The van der Waals surface area contributed by atoms with E-state index in [0.717, 1.165) is 71.5 Å². The molecule has 0 spiro atoms. The van der Waals surface area contributed by atoms with E-state index in [1.165, 1.54) is 0 Å². The Balaban J connectivity index is 1.09. The van der Waals surface area contributed by atoms with Gasteiger partial charge in [0, 0.05) is 49.8 Å². The van der Waals surface area contributed by atoms with Crippen molar-refractivity contribution in [2.24, 2.45) is 0 Å². The van der Waals surface area contributed by atoms with E-state index >= 15 is 0 Å². The van der Waals surface area contributed by atoms with Crippen LogP contribution in [0.2, 0.25) is 0 Å². The first-order chi connectivity index (χ1) is 33.3. The first-order valence-corrected chi connectivity index (χ1v) is 23.1. The summed E-state index contributed by atoms with van der Waals surface area (Å²) < 4.78 is 70.1. The summed E-state index contributed by atoms with van der Waals surface area (Å²) in [6.45, 7) is 3.26. The molecule has 0 aromatic heterocycles. The molecule has 4 aromatic rings. The van der Waals surface area contributed by atoms with Crippen LogP contribution >= 0.6 is 0 Å².